The molecule has 44 heavy (non-hydrogen) atoms. The molecule has 0 radical (unpaired) electrons. The molecule has 0 unspecified atom stereocenters. The maximum absolute atomic E-state index is 14.4. The third-order valence-corrected chi connectivity index (χ3v) is 9.94. The summed E-state index contributed by atoms with van der Waals surface area (Å²) in [5.41, 5.74) is 1.78. The summed E-state index contributed by atoms with van der Waals surface area (Å²) in [7, 11) is -4.17. The lowest BCUT2D eigenvalue weighted by atomic mass is 10.0. The summed E-state index contributed by atoms with van der Waals surface area (Å²) in [6.45, 7) is 1.81. The fraction of sp³-hybridized carbons (Fsp3) is 0.212. The average molecular weight is 718 g/mol. The first-order valence-corrected chi connectivity index (χ1v) is 17.0. The molecule has 0 heterocycles. The monoisotopic (exact) mass is 715 g/mol. The number of halogens is 3. The van der Waals surface area contributed by atoms with Crippen molar-refractivity contribution in [3.05, 3.63) is 129 Å². The average Bonchev–Trinajstić information content (AvgIpc) is 3.03. The van der Waals surface area contributed by atoms with Crippen LogP contribution >= 0.6 is 39.1 Å². The SMILES string of the molecule is CCCNC(=O)[C@@H](Cc1ccccc1)N(Cc1ccc(Cl)c(Cl)c1)C(=O)CN(c1ccc(Br)cc1)S(=O)(=O)c1ccccc1. The van der Waals surface area contributed by atoms with Gasteiger partial charge in [0.15, 0.2) is 0 Å². The smallest absolute Gasteiger partial charge is 0.264 e. The largest absolute Gasteiger partial charge is 0.354 e. The van der Waals surface area contributed by atoms with Crippen molar-refractivity contribution < 1.29 is 18.0 Å². The molecule has 11 heteroatoms. The van der Waals surface area contributed by atoms with Gasteiger partial charge < -0.3 is 10.2 Å². The highest BCUT2D eigenvalue weighted by atomic mass is 79.9. The van der Waals surface area contributed by atoms with Crippen LogP contribution in [0.1, 0.15) is 24.5 Å². The summed E-state index contributed by atoms with van der Waals surface area (Å²) in [6.07, 6.45) is 0.921. The second kappa shape index (κ2) is 15.6. The maximum Gasteiger partial charge on any atom is 0.264 e. The van der Waals surface area contributed by atoms with E-state index >= 15 is 0 Å². The predicted octanol–water partition coefficient (Wildman–Crippen LogP) is 7.12. The molecule has 0 saturated carbocycles. The lowest BCUT2D eigenvalue weighted by Crippen LogP contribution is -2.53. The fourth-order valence-corrected chi connectivity index (χ4v) is 6.63. The van der Waals surface area contributed by atoms with E-state index in [0.29, 0.717) is 34.3 Å². The van der Waals surface area contributed by atoms with Crippen molar-refractivity contribution in [1.29, 1.82) is 0 Å². The molecule has 0 saturated heterocycles. The first-order valence-electron chi connectivity index (χ1n) is 14.0. The van der Waals surface area contributed by atoms with Crippen LogP contribution < -0.4 is 9.62 Å². The maximum atomic E-state index is 14.4. The molecule has 4 aromatic carbocycles. The zero-order chi connectivity index (χ0) is 31.7. The molecular formula is C33H32BrCl2N3O4S. The van der Waals surface area contributed by atoms with Gasteiger partial charge in [-0.1, -0.05) is 101 Å². The highest BCUT2D eigenvalue weighted by molar-refractivity contribution is 9.10. The quantitative estimate of drug-likeness (QED) is 0.160. The van der Waals surface area contributed by atoms with Crippen molar-refractivity contribution >= 4 is 66.7 Å². The number of benzene rings is 4. The minimum Gasteiger partial charge on any atom is -0.354 e. The van der Waals surface area contributed by atoms with Gasteiger partial charge in [0, 0.05) is 24.0 Å². The molecule has 4 aromatic rings. The zero-order valence-electron chi connectivity index (χ0n) is 24.0. The van der Waals surface area contributed by atoms with Gasteiger partial charge in [-0.05, 0) is 66.1 Å². The van der Waals surface area contributed by atoms with Gasteiger partial charge in [0.05, 0.1) is 20.6 Å². The number of amides is 2. The van der Waals surface area contributed by atoms with Crippen molar-refractivity contribution in [3.8, 4) is 0 Å². The van der Waals surface area contributed by atoms with E-state index in [0.717, 1.165) is 14.3 Å². The van der Waals surface area contributed by atoms with Crippen LogP contribution in [0.2, 0.25) is 10.0 Å². The number of hydrogen-bond donors (Lipinski definition) is 1. The fourth-order valence-electron chi connectivity index (χ4n) is 4.61. The number of sulfonamides is 1. The highest BCUT2D eigenvalue weighted by Crippen LogP contribution is 2.28. The molecule has 0 aliphatic carbocycles. The van der Waals surface area contributed by atoms with Crippen LogP contribution in [0, 0.1) is 0 Å². The molecule has 1 N–H and O–H groups in total. The van der Waals surface area contributed by atoms with Crippen molar-refractivity contribution in [3.63, 3.8) is 0 Å². The number of hydrogen-bond acceptors (Lipinski definition) is 4. The molecule has 4 rings (SSSR count). The standard InChI is InChI=1S/C33H32BrCl2N3O4S/c1-2-19-37-33(41)31(21-24-9-5-3-6-10-24)38(22-25-13-18-29(35)30(36)20-25)32(40)23-39(27-16-14-26(34)15-17-27)44(42,43)28-11-7-4-8-12-28/h3-18,20,31H,2,19,21-23H2,1H3,(H,37,41)/t31-/m1/s1. The van der Waals surface area contributed by atoms with Crippen molar-refractivity contribution in [1.82, 2.24) is 10.2 Å². The van der Waals surface area contributed by atoms with E-state index in [-0.39, 0.29) is 23.8 Å². The highest BCUT2D eigenvalue weighted by Gasteiger charge is 2.34. The van der Waals surface area contributed by atoms with Crippen molar-refractivity contribution in [2.75, 3.05) is 17.4 Å². The van der Waals surface area contributed by atoms with Gasteiger partial charge in [-0.15, -0.1) is 0 Å². The number of rotatable bonds is 13. The number of carbonyl (C=O) groups is 2. The minimum atomic E-state index is -4.17. The van der Waals surface area contributed by atoms with Crippen molar-refractivity contribution in [2.45, 2.75) is 37.2 Å². The van der Waals surface area contributed by atoms with Crippen molar-refractivity contribution in [2.24, 2.45) is 0 Å². The van der Waals surface area contributed by atoms with Gasteiger partial charge in [0.25, 0.3) is 10.0 Å². The van der Waals surface area contributed by atoms with Gasteiger partial charge in [-0.25, -0.2) is 8.42 Å². The Hall–Kier alpha value is -3.37. The van der Waals surface area contributed by atoms with E-state index < -0.39 is 28.5 Å². The third kappa shape index (κ3) is 8.63. The molecular weight excluding hydrogens is 685 g/mol. The van der Waals surface area contributed by atoms with Crippen LogP contribution in [0.25, 0.3) is 0 Å². The summed E-state index contributed by atoms with van der Waals surface area (Å²) in [4.78, 5) is 29.6. The third-order valence-electron chi connectivity index (χ3n) is 6.88. The molecule has 0 aliphatic rings. The Bertz CT molecular complexity index is 1670. The Kier molecular flexibility index (Phi) is 11.9. The Morgan fingerprint density at radius 1 is 0.841 bits per heavy atom. The first-order chi connectivity index (χ1) is 21.1. The van der Waals surface area contributed by atoms with Gasteiger partial charge in [0.2, 0.25) is 11.8 Å². The Balaban J connectivity index is 1.80. The van der Waals surface area contributed by atoms with E-state index in [1.807, 2.05) is 37.3 Å². The molecule has 1 atom stereocenters. The molecule has 2 amide bonds. The van der Waals surface area contributed by atoms with E-state index in [2.05, 4.69) is 21.2 Å². The molecule has 0 aromatic heterocycles. The van der Waals surface area contributed by atoms with Gasteiger partial charge >= 0.3 is 0 Å². The summed E-state index contributed by atoms with van der Waals surface area (Å²) in [5.74, 6) is -0.906. The van der Waals surface area contributed by atoms with Gasteiger partial charge in [-0.2, -0.15) is 0 Å². The predicted molar refractivity (Wildman–Crippen MR) is 179 cm³/mol. The molecule has 0 aliphatic heterocycles. The Labute approximate surface area is 277 Å². The molecule has 0 spiro atoms. The van der Waals surface area contributed by atoms with Gasteiger partial charge in [-0.3, -0.25) is 13.9 Å². The number of anilines is 1. The summed E-state index contributed by atoms with van der Waals surface area (Å²) in [5, 5.41) is 3.58. The topological polar surface area (TPSA) is 86.8 Å². The van der Waals surface area contributed by atoms with Crippen LogP contribution in [0.3, 0.4) is 0 Å². The summed E-state index contributed by atoms with van der Waals surface area (Å²) >= 11 is 15.9. The normalized spacial score (nSPS) is 11.9. The molecule has 7 nitrogen and oxygen atoms in total. The van der Waals surface area contributed by atoms with E-state index in [1.165, 1.54) is 17.0 Å². The van der Waals surface area contributed by atoms with Crippen LogP contribution in [0.5, 0.6) is 0 Å². The van der Waals surface area contributed by atoms with Crippen LogP contribution in [-0.4, -0.2) is 44.3 Å². The van der Waals surface area contributed by atoms with E-state index in [9.17, 15) is 18.0 Å². The summed E-state index contributed by atoms with van der Waals surface area (Å²) < 4.78 is 29.8. The summed E-state index contributed by atoms with van der Waals surface area (Å²) in [6, 6.07) is 28.0. The number of nitrogens with one attached hydrogen (secondary N) is 1. The van der Waals surface area contributed by atoms with Gasteiger partial charge in [0.1, 0.15) is 12.6 Å². The number of carbonyl (C=O) groups excluding carboxylic acids is 2. The second-order valence-electron chi connectivity index (χ2n) is 10.1. The number of nitrogens with zero attached hydrogens (tertiary/aromatic N) is 2. The van der Waals surface area contributed by atoms with Crippen LogP contribution in [0.15, 0.2) is 112 Å². The Morgan fingerprint density at radius 3 is 2.09 bits per heavy atom. The lowest BCUT2D eigenvalue weighted by Gasteiger charge is -2.34. The van der Waals surface area contributed by atoms with E-state index in [4.69, 9.17) is 23.2 Å². The van der Waals surface area contributed by atoms with E-state index in [1.54, 1.807) is 60.7 Å². The molecule has 0 fully saturated rings. The minimum absolute atomic E-state index is 0.00761. The van der Waals surface area contributed by atoms with Crippen LogP contribution in [-0.2, 0) is 32.6 Å². The Morgan fingerprint density at radius 2 is 1.48 bits per heavy atom. The molecule has 230 valence electrons. The zero-order valence-corrected chi connectivity index (χ0v) is 27.9. The molecule has 0 bridgehead atoms. The second-order valence-corrected chi connectivity index (χ2v) is 13.7. The van der Waals surface area contributed by atoms with Crippen LogP contribution in [0.4, 0.5) is 5.69 Å². The first kappa shape index (κ1) is 33.5. The lowest BCUT2D eigenvalue weighted by molar-refractivity contribution is -0.140.